The molecule has 9 aromatic rings. The Kier molecular flexibility index (Phi) is 6.08. The van der Waals surface area contributed by atoms with E-state index >= 15 is 0 Å². The molecule has 9 aromatic carbocycles. The largest absolute Gasteiger partial charge is 0.289 e. The molecular weight excluding hydrogens is 592 g/mol. The molecule has 0 aromatic heterocycles. The molecular formula is C44H24O4. The Balaban J connectivity index is 1.51. The quantitative estimate of drug-likeness (QED) is 0.198. The summed E-state index contributed by atoms with van der Waals surface area (Å²) in [4.78, 5) is 59.0. The van der Waals surface area contributed by atoms with Crippen molar-refractivity contribution in [3.8, 4) is 44.5 Å². The Morgan fingerprint density at radius 1 is 0.208 bits per heavy atom. The summed E-state index contributed by atoms with van der Waals surface area (Å²) in [5.74, 6) is 0. The Morgan fingerprint density at radius 3 is 0.583 bits per heavy atom. The molecule has 0 fully saturated rings. The molecule has 48 heavy (non-hydrogen) atoms. The third kappa shape index (κ3) is 3.83. The summed E-state index contributed by atoms with van der Waals surface area (Å²) in [5, 5.41) is 1.18. The number of hydrogen-bond acceptors (Lipinski definition) is 4. The number of rotatable bonds is 4. The van der Waals surface area contributed by atoms with Gasteiger partial charge in [0.1, 0.15) is 0 Å². The van der Waals surface area contributed by atoms with Crippen molar-refractivity contribution in [3.05, 3.63) is 186 Å². The maximum atomic E-state index is 14.8. The zero-order chi connectivity index (χ0) is 32.5. The monoisotopic (exact) mass is 616 g/mol. The van der Waals surface area contributed by atoms with Crippen LogP contribution in [0.2, 0.25) is 0 Å². The molecule has 0 aliphatic rings. The maximum Gasteiger partial charge on any atom is 0.195 e. The number of fused-ring (bicyclic) bond motifs is 6. The minimum atomic E-state index is -0.417. The van der Waals surface area contributed by atoms with Gasteiger partial charge in [0.2, 0.25) is 0 Å². The van der Waals surface area contributed by atoms with Gasteiger partial charge in [-0.1, -0.05) is 146 Å². The van der Waals surface area contributed by atoms with E-state index in [1.165, 1.54) is 0 Å². The van der Waals surface area contributed by atoms with E-state index < -0.39 is 21.7 Å². The van der Waals surface area contributed by atoms with Crippen molar-refractivity contribution in [1.82, 2.24) is 0 Å². The average molecular weight is 617 g/mol. The highest BCUT2D eigenvalue weighted by Gasteiger charge is 2.30. The SMILES string of the molecule is O=c1c2c(-c3ccccc3)ccc(-c3ccccc3)c2c(=O)c2c1c1c(=O)c3c(-c4ccccc4)ccc(-c4ccccc4)c3c(=O)c21. The zero-order valence-corrected chi connectivity index (χ0v) is 25.5. The van der Waals surface area contributed by atoms with Gasteiger partial charge in [0.25, 0.3) is 0 Å². The fourth-order valence-electron chi connectivity index (χ4n) is 7.43. The molecule has 224 valence electrons. The zero-order valence-electron chi connectivity index (χ0n) is 25.5. The van der Waals surface area contributed by atoms with E-state index in [1.807, 2.05) is 146 Å². The van der Waals surface area contributed by atoms with Crippen molar-refractivity contribution >= 4 is 43.1 Å². The van der Waals surface area contributed by atoms with Crippen molar-refractivity contribution in [3.63, 3.8) is 0 Å². The molecule has 0 bridgehead atoms. The topological polar surface area (TPSA) is 68.3 Å². The van der Waals surface area contributed by atoms with Crippen LogP contribution in [-0.2, 0) is 0 Å². The van der Waals surface area contributed by atoms with Gasteiger partial charge in [-0.3, -0.25) is 19.2 Å². The van der Waals surface area contributed by atoms with Crippen LogP contribution in [0, 0.1) is 0 Å². The lowest BCUT2D eigenvalue weighted by atomic mass is 9.82. The third-order valence-electron chi connectivity index (χ3n) is 9.57. The second kappa shape index (κ2) is 10.5. The Bertz CT molecular complexity index is 2500. The van der Waals surface area contributed by atoms with E-state index in [1.54, 1.807) is 0 Å². The van der Waals surface area contributed by atoms with Gasteiger partial charge in [-0.2, -0.15) is 0 Å². The molecule has 0 aliphatic carbocycles. The van der Waals surface area contributed by atoms with E-state index in [4.69, 9.17) is 0 Å². The number of benzene rings is 8. The predicted molar refractivity (Wildman–Crippen MR) is 197 cm³/mol. The summed E-state index contributed by atoms with van der Waals surface area (Å²) < 4.78 is 0. The van der Waals surface area contributed by atoms with Gasteiger partial charge < -0.3 is 0 Å². The summed E-state index contributed by atoms with van der Waals surface area (Å²) in [6.07, 6.45) is 0. The highest BCUT2D eigenvalue weighted by Crippen LogP contribution is 2.39. The lowest BCUT2D eigenvalue weighted by Gasteiger charge is -2.17. The molecule has 0 amide bonds. The average Bonchev–Trinajstić information content (AvgIpc) is 3.13. The molecule has 0 spiro atoms. The Labute approximate surface area is 273 Å². The van der Waals surface area contributed by atoms with E-state index in [0.717, 1.165) is 22.3 Å². The fraction of sp³-hybridized carbons (Fsp3) is 0. The molecule has 0 unspecified atom stereocenters. The standard InChI is InChI=1S/C44H24O4/c45-41-33-29(25-13-5-1-6-14-25)21-22-30(26-15-7-2-8-16-26)34(33)42(46)38-37(41)39-40(38)44(48)36-32(28-19-11-4-12-20-28)24-23-31(35(36)43(39)47)27-17-9-3-10-18-27/h1-24H. The van der Waals surface area contributed by atoms with Gasteiger partial charge in [-0.15, -0.1) is 0 Å². The van der Waals surface area contributed by atoms with E-state index in [2.05, 4.69) is 0 Å². The molecule has 0 N–H and O–H groups in total. The van der Waals surface area contributed by atoms with Gasteiger partial charge in [-0.25, -0.2) is 0 Å². The molecule has 4 heteroatoms. The van der Waals surface area contributed by atoms with Crippen LogP contribution in [0.25, 0.3) is 87.6 Å². The fourth-order valence-corrected chi connectivity index (χ4v) is 7.43. The van der Waals surface area contributed by atoms with Crippen molar-refractivity contribution in [2.45, 2.75) is 0 Å². The number of hydrogen-bond donors (Lipinski definition) is 0. The summed E-state index contributed by atoms with van der Waals surface area (Å²) in [5.41, 5.74) is 3.88. The summed E-state index contributed by atoms with van der Waals surface area (Å²) in [6, 6.07) is 45.2. The molecule has 0 heterocycles. The first-order chi connectivity index (χ1) is 23.5. The highest BCUT2D eigenvalue weighted by atomic mass is 16.1. The van der Waals surface area contributed by atoms with E-state index in [9.17, 15) is 19.2 Å². The van der Waals surface area contributed by atoms with E-state index in [0.29, 0.717) is 22.3 Å². The maximum absolute atomic E-state index is 14.8. The van der Waals surface area contributed by atoms with Crippen LogP contribution in [0.4, 0.5) is 0 Å². The third-order valence-corrected chi connectivity index (χ3v) is 9.57. The Hall–Kier alpha value is -6.52. The smallest absolute Gasteiger partial charge is 0.195 e. The summed E-state index contributed by atoms with van der Waals surface area (Å²) >= 11 is 0. The van der Waals surface area contributed by atoms with Crippen LogP contribution >= 0.6 is 0 Å². The minimum Gasteiger partial charge on any atom is -0.289 e. The van der Waals surface area contributed by atoms with Gasteiger partial charge in [0.05, 0.1) is 0 Å². The highest BCUT2D eigenvalue weighted by molar-refractivity contribution is 6.32. The molecule has 0 saturated carbocycles. The molecule has 0 atom stereocenters. The van der Waals surface area contributed by atoms with E-state index in [-0.39, 0.29) is 43.1 Å². The van der Waals surface area contributed by atoms with Gasteiger partial charge >= 0.3 is 0 Å². The first-order valence-corrected chi connectivity index (χ1v) is 15.8. The van der Waals surface area contributed by atoms with Crippen LogP contribution in [-0.4, -0.2) is 0 Å². The summed E-state index contributed by atoms with van der Waals surface area (Å²) in [7, 11) is 0. The van der Waals surface area contributed by atoms with Gasteiger partial charge in [0, 0.05) is 43.1 Å². The first-order valence-electron chi connectivity index (χ1n) is 15.8. The van der Waals surface area contributed by atoms with Gasteiger partial charge in [-0.05, 0) is 44.5 Å². The predicted octanol–water partition coefficient (Wildman–Crippen LogP) is 8.72. The molecule has 0 saturated heterocycles. The van der Waals surface area contributed by atoms with Gasteiger partial charge in [0.15, 0.2) is 21.7 Å². The Morgan fingerprint density at radius 2 is 0.396 bits per heavy atom. The summed E-state index contributed by atoms with van der Waals surface area (Å²) in [6.45, 7) is 0. The molecule has 0 aliphatic heterocycles. The minimum absolute atomic E-state index is 0.0398. The van der Waals surface area contributed by atoms with Crippen LogP contribution in [0.1, 0.15) is 0 Å². The van der Waals surface area contributed by atoms with Crippen molar-refractivity contribution in [1.29, 1.82) is 0 Å². The lowest BCUT2D eigenvalue weighted by Crippen LogP contribution is -2.26. The van der Waals surface area contributed by atoms with Crippen LogP contribution < -0.4 is 21.7 Å². The van der Waals surface area contributed by atoms with Crippen molar-refractivity contribution < 1.29 is 0 Å². The van der Waals surface area contributed by atoms with Crippen molar-refractivity contribution in [2.24, 2.45) is 0 Å². The second-order valence-corrected chi connectivity index (χ2v) is 12.1. The first kappa shape index (κ1) is 27.8. The molecule has 9 rings (SSSR count). The van der Waals surface area contributed by atoms with Crippen LogP contribution in [0.3, 0.4) is 0 Å². The normalized spacial score (nSPS) is 11.7. The lowest BCUT2D eigenvalue weighted by molar-refractivity contribution is 1.58. The van der Waals surface area contributed by atoms with Crippen LogP contribution in [0.15, 0.2) is 165 Å². The molecule has 4 nitrogen and oxygen atoms in total. The second-order valence-electron chi connectivity index (χ2n) is 12.1. The van der Waals surface area contributed by atoms with Crippen molar-refractivity contribution in [2.75, 3.05) is 0 Å². The molecule has 0 radical (unpaired) electrons. The van der Waals surface area contributed by atoms with Crippen LogP contribution in [0.5, 0.6) is 0 Å².